The van der Waals surface area contributed by atoms with Crippen molar-refractivity contribution in [3.8, 4) is 0 Å². The zero-order valence-electron chi connectivity index (χ0n) is 7.63. The van der Waals surface area contributed by atoms with E-state index in [-0.39, 0.29) is 6.10 Å². The van der Waals surface area contributed by atoms with Crippen LogP contribution in [0.15, 0.2) is 0 Å². The van der Waals surface area contributed by atoms with Crippen molar-refractivity contribution in [2.24, 2.45) is 0 Å². The van der Waals surface area contributed by atoms with Crippen LogP contribution in [0.5, 0.6) is 0 Å². The van der Waals surface area contributed by atoms with Crippen molar-refractivity contribution in [3.63, 3.8) is 0 Å². The maximum atomic E-state index is 9.70. The molecule has 0 aliphatic carbocycles. The molecule has 72 valence electrons. The Kier molecular flexibility index (Phi) is 2.69. The van der Waals surface area contributed by atoms with Gasteiger partial charge in [0.05, 0.1) is 18.6 Å². The molecule has 0 aromatic carbocycles. The lowest BCUT2D eigenvalue weighted by Crippen LogP contribution is -2.49. The van der Waals surface area contributed by atoms with Crippen molar-refractivity contribution in [1.82, 2.24) is 0 Å². The van der Waals surface area contributed by atoms with Gasteiger partial charge in [0.15, 0.2) is 5.79 Å². The molecular weight excluding hydrogens is 180 g/mol. The molecule has 1 rings (SSSR count). The summed E-state index contributed by atoms with van der Waals surface area (Å²) in [5.74, 6) is -0.530. The summed E-state index contributed by atoms with van der Waals surface area (Å²) < 4.78 is 10.8. The Balaban J connectivity index is 2.64. The summed E-state index contributed by atoms with van der Waals surface area (Å²) in [6.45, 7) is 5.48. The largest absolute Gasteiger partial charge is 0.385 e. The molecule has 4 heteroatoms. The highest BCUT2D eigenvalue weighted by molar-refractivity contribution is 6.18. The van der Waals surface area contributed by atoms with Crippen LogP contribution in [0.2, 0.25) is 0 Å². The summed E-state index contributed by atoms with van der Waals surface area (Å²) in [7, 11) is 0. The van der Waals surface area contributed by atoms with Crippen LogP contribution < -0.4 is 0 Å². The summed E-state index contributed by atoms with van der Waals surface area (Å²) >= 11 is 5.60. The Morgan fingerprint density at radius 2 is 2.25 bits per heavy atom. The van der Waals surface area contributed by atoms with Gasteiger partial charge in [-0.3, -0.25) is 0 Å². The molecule has 12 heavy (non-hydrogen) atoms. The average molecular weight is 195 g/mol. The first-order chi connectivity index (χ1) is 5.39. The Bertz CT molecular complexity index is 166. The second kappa shape index (κ2) is 3.14. The quantitative estimate of drug-likeness (QED) is 0.670. The SMILES string of the molecule is CC(C)(O)C1(C)OCC(CCl)O1. The molecule has 1 heterocycles. The second-order valence-corrected chi connectivity index (χ2v) is 4.02. The number of alkyl halides is 1. The lowest BCUT2D eigenvalue weighted by atomic mass is 10.00. The zero-order valence-corrected chi connectivity index (χ0v) is 8.39. The smallest absolute Gasteiger partial charge is 0.194 e. The summed E-state index contributed by atoms with van der Waals surface area (Å²) in [6.07, 6.45) is -0.108. The molecule has 3 nitrogen and oxygen atoms in total. The van der Waals surface area contributed by atoms with Crippen LogP contribution in [-0.4, -0.2) is 35.1 Å². The van der Waals surface area contributed by atoms with Gasteiger partial charge < -0.3 is 14.6 Å². The first kappa shape index (κ1) is 10.3. The van der Waals surface area contributed by atoms with Gasteiger partial charge >= 0.3 is 0 Å². The Hall–Kier alpha value is 0.170. The van der Waals surface area contributed by atoms with Crippen molar-refractivity contribution in [3.05, 3.63) is 0 Å². The van der Waals surface area contributed by atoms with Crippen molar-refractivity contribution < 1.29 is 14.6 Å². The molecule has 1 saturated heterocycles. The van der Waals surface area contributed by atoms with Gasteiger partial charge in [-0.05, 0) is 20.8 Å². The molecule has 0 saturated carbocycles. The van der Waals surface area contributed by atoms with Gasteiger partial charge in [0.1, 0.15) is 5.60 Å². The third kappa shape index (κ3) is 1.74. The molecule has 0 radical (unpaired) electrons. The van der Waals surface area contributed by atoms with Gasteiger partial charge in [0.25, 0.3) is 0 Å². The molecule has 0 amide bonds. The minimum atomic E-state index is -1.01. The average Bonchev–Trinajstić information content (AvgIpc) is 2.31. The molecule has 1 fully saturated rings. The fourth-order valence-corrected chi connectivity index (χ4v) is 1.19. The Labute approximate surface area is 77.6 Å². The third-order valence-corrected chi connectivity index (χ3v) is 2.56. The molecule has 1 N–H and O–H groups in total. The maximum Gasteiger partial charge on any atom is 0.194 e. The lowest BCUT2D eigenvalue weighted by molar-refractivity contribution is -0.250. The molecule has 2 atom stereocenters. The molecule has 0 aromatic rings. The molecular formula is C8H15ClO3. The highest BCUT2D eigenvalue weighted by Crippen LogP contribution is 2.33. The Morgan fingerprint density at radius 1 is 1.67 bits per heavy atom. The standard InChI is InChI=1S/C8H15ClO3/c1-7(2,10)8(3)11-5-6(4-9)12-8/h6,10H,4-5H2,1-3H3. The highest BCUT2D eigenvalue weighted by atomic mass is 35.5. The second-order valence-electron chi connectivity index (χ2n) is 3.71. The van der Waals surface area contributed by atoms with E-state index < -0.39 is 11.4 Å². The van der Waals surface area contributed by atoms with Crippen LogP contribution in [0.3, 0.4) is 0 Å². The van der Waals surface area contributed by atoms with Crippen molar-refractivity contribution >= 4 is 11.6 Å². The first-order valence-corrected chi connectivity index (χ1v) is 4.52. The van der Waals surface area contributed by atoms with Gasteiger partial charge in [0, 0.05) is 0 Å². The molecule has 0 bridgehead atoms. The normalized spacial score (nSPS) is 37.2. The van der Waals surface area contributed by atoms with Gasteiger partial charge in [-0.25, -0.2) is 0 Å². The van der Waals surface area contributed by atoms with Gasteiger partial charge in [-0.15, -0.1) is 11.6 Å². The number of hydrogen-bond donors (Lipinski definition) is 1. The number of hydrogen-bond acceptors (Lipinski definition) is 3. The number of rotatable bonds is 2. The van der Waals surface area contributed by atoms with Crippen molar-refractivity contribution in [1.29, 1.82) is 0 Å². The third-order valence-electron chi connectivity index (χ3n) is 2.22. The van der Waals surface area contributed by atoms with E-state index in [1.165, 1.54) is 0 Å². The number of aliphatic hydroxyl groups is 1. The molecule has 0 aromatic heterocycles. The van der Waals surface area contributed by atoms with Crippen LogP contribution >= 0.6 is 11.6 Å². The van der Waals surface area contributed by atoms with Crippen molar-refractivity contribution in [2.45, 2.75) is 38.3 Å². The Morgan fingerprint density at radius 3 is 2.50 bits per heavy atom. The monoisotopic (exact) mass is 194 g/mol. The van der Waals surface area contributed by atoms with E-state index in [9.17, 15) is 5.11 Å². The molecule has 2 unspecified atom stereocenters. The summed E-state index contributed by atoms with van der Waals surface area (Å²) in [5, 5.41) is 9.70. The number of halogens is 1. The summed E-state index contributed by atoms with van der Waals surface area (Å²) in [4.78, 5) is 0. The summed E-state index contributed by atoms with van der Waals surface area (Å²) in [5.41, 5.74) is -1.01. The fraction of sp³-hybridized carbons (Fsp3) is 1.00. The minimum absolute atomic E-state index is 0.108. The minimum Gasteiger partial charge on any atom is -0.385 e. The number of ether oxygens (including phenoxy) is 2. The fourth-order valence-electron chi connectivity index (χ4n) is 1.03. The van der Waals surface area contributed by atoms with Crippen LogP contribution in [0.1, 0.15) is 20.8 Å². The molecule has 0 spiro atoms. The highest BCUT2D eigenvalue weighted by Gasteiger charge is 2.48. The first-order valence-electron chi connectivity index (χ1n) is 3.99. The lowest BCUT2D eigenvalue weighted by Gasteiger charge is -2.34. The van der Waals surface area contributed by atoms with E-state index >= 15 is 0 Å². The maximum absolute atomic E-state index is 9.70. The van der Waals surface area contributed by atoms with Crippen LogP contribution in [0.4, 0.5) is 0 Å². The van der Waals surface area contributed by atoms with Crippen LogP contribution in [0.25, 0.3) is 0 Å². The van der Waals surface area contributed by atoms with E-state index in [4.69, 9.17) is 21.1 Å². The van der Waals surface area contributed by atoms with Crippen molar-refractivity contribution in [2.75, 3.05) is 12.5 Å². The predicted octanol–water partition coefficient (Wildman–Crippen LogP) is 1.13. The van der Waals surface area contributed by atoms with E-state index in [1.54, 1.807) is 20.8 Å². The van der Waals surface area contributed by atoms with Crippen LogP contribution in [-0.2, 0) is 9.47 Å². The van der Waals surface area contributed by atoms with E-state index in [0.717, 1.165) is 0 Å². The van der Waals surface area contributed by atoms with E-state index in [0.29, 0.717) is 12.5 Å². The topological polar surface area (TPSA) is 38.7 Å². The summed E-state index contributed by atoms with van der Waals surface area (Å²) in [6, 6.07) is 0. The predicted molar refractivity (Wildman–Crippen MR) is 46.2 cm³/mol. The van der Waals surface area contributed by atoms with E-state index in [1.807, 2.05) is 0 Å². The van der Waals surface area contributed by atoms with Gasteiger partial charge in [-0.2, -0.15) is 0 Å². The van der Waals surface area contributed by atoms with Gasteiger partial charge in [-0.1, -0.05) is 0 Å². The molecule has 1 aliphatic rings. The zero-order chi connectivity index (χ0) is 9.41. The van der Waals surface area contributed by atoms with E-state index in [2.05, 4.69) is 0 Å². The van der Waals surface area contributed by atoms with Crippen LogP contribution in [0, 0.1) is 0 Å². The molecule has 1 aliphatic heterocycles. The van der Waals surface area contributed by atoms with Gasteiger partial charge in [0.2, 0.25) is 0 Å².